The molecule has 6 nitrogen and oxygen atoms in total. The Balaban J connectivity index is 1.72. The Bertz CT molecular complexity index is 762. The molecule has 1 amide bonds. The van der Waals surface area contributed by atoms with E-state index in [1.807, 2.05) is 0 Å². The SMILES string of the molecule is Cc1noc(C)c1-c1cnc(NC(=O)[C@@H](N)C2CCCCCC2)c(F)c1. The number of nitrogens with zero attached hydrogens (tertiary/aromatic N) is 2. The second kappa shape index (κ2) is 7.95. The van der Waals surface area contributed by atoms with Crippen molar-refractivity contribution in [2.75, 3.05) is 5.32 Å². The summed E-state index contributed by atoms with van der Waals surface area (Å²) in [6.45, 7) is 3.54. The van der Waals surface area contributed by atoms with Gasteiger partial charge < -0.3 is 15.6 Å². The van der Waals surface area contributed by atoms with Crippen molar-refractivity contribution in [1.82, 2.24) is 10.1 Å². The minimum Gasteiger partial charge on any atom is -0.361 e. The predicted molar refractivity (Wildman–Crippen MR) is 97.0 cm³/mol. The third-order valence-corrected chi connectivity index (χ3v) is 5.12. The molecule has 0 aliphatic heterocycles. The highest BCUT2D eigenvalue weighted by molar-refractivity contribution is 5.94. The molecule has 0 radical (unpaired) electrons. The van der Waals surface area contributed by atoms with Crippen LogP contribution in [0, 0.1) is 25.6 Å². The first-order chi connectivity index (χ1) is 12.5. The van der Waals surface area contributed by atoms with E-state index in [2.05, 4.69) is 15.5 Å². The van der Waals surface area contributed by atoms with Gasteiger partial charge in [-0.05, 0) is 38.7 Å². The number of carbonyl (C=O) groups is 1. The van der Waals surface area contributed by atoms with Gasteiger partial charge in [0.05, 0.1) is 11.7 Å². The molecule has 3 rings (SSSR count). The Labute approximate surface area is 152 Å². The summed E-state index contributed by atoms with van der Waals surface area (Å²) in [7, 11) is 0. The lowest BCUT2D eigenvalue weighted by Gasteiger charge is -2.21. The largest absolute Gasteiger partial charge is 0.361 e. The molecular formula is C19H25FN4O2. The van der Waals surface area contributed by atoms with Gasteiger partial charge in [-0.1, -0.05) is 30.8 Å². The third kappa shape index (κ3) is 3.93. The minimum atomic E-state index is -0.642. The lowest BCUT2D eigenvalue weighted by atomic mass is 9.92. The van der Waals surface area contributed by atoms with Crippen molar-refractivity contribution in [2.24, 2.45) is 11.7 Å². The molecule has 7 heteroatoms. The summed E-state index contributed by atoms with van der Waals surface area (Å²) in [5.41, 5.74) is 8.06. The molecule has 0 aromatic carbocycles. The number of aryl methyl sites for hydroxylation is 2. The number of anilines is 1. The number of amides is 1. The van der Waals surface area contributed by atoms with E-state index >= 15 is 0 Å². The van der Waals surface area contributed by atoms with Crippen LogP contribution in [-0.4, -0.2) is 22.1 Å². The van der Waals surface area contributed by atoms with Crippen LogP contribution < -0.4 is 11.1 Å². The molecule has 1 aliphatic carbocycles. The summed E-state index contributed by atoms with van der Waals surface area (Å²) in [6, 6.07) is 0.684. The topological polar surface area (TPSA) is 94.0 Å². The van der Waals surface area contributed by atoms with Crippen molar-refractivity contribution < 1.29 is 13.7 Å². The first-order valence-electron chi connectivity index (χ1n) is 9.12. The zero-order valence-electron chi connectivity index (χ0n) is 15.2. The summed E-state index contributed by atoms with van der Waals surface area (Å²) in [5, 5.41) is 6.40. The Morgan fingerprint density at radius 3 is 2.58 bits per heavy atom. The van der Waals surface area contributed by atoms with Crippen LogP contribution in [0.3, 0.4) is 0 Å². The molecule has 0 unspecified atom stereocenters. The zero-order valence-corrected chi connectivity index (χ0v) is 15.2. The Morgan fingerprint density at radius 2 is 2.00 bits per heavy atom. The van der Waals surface area contributed by atoms with E-state index in [1.54, 1.807) is 13.8 Å². The molecule has 0 bridgehead atoms. The van der Waals surface area contributed by atoms with Crippen molar-refractivity contribution in [2.45, 2.75) is 58.4 Å². The zero-order chi connectivity index (χ0) is 18.7. The summed E-state index contributed by atoms with van der Waals surface area (Å²) in [6.07, 6.45) is 7.93. The Morgan fingerprint density at radius 1 is 1.31 bits per heavy atom. The number of rotatable bonds is 4. The lowest BCUT2D eigenvalue weighted by Crippen LogP contribution is -2.42. The molecule has 2 heterocycles. The van der Waals surface area contributed by atoms with E-state index < -0.39 is 11.9 Å². The third-order valence-electron chi connectivity index (χ3n) is 5.12. The molecule has 1 saturated carbocycles. The van der Waals surface area contributed by atoms with Crippen LogP contribution in [0.25, 0.3) is 11.1 Å². The summed E-state index contributed by atoms with van der Waals surface area (Å²) < 4.78 is 19.6. The smallest absolute Gasteiger partial charge is 0.242 e. The molecule has 1 aliphatic rings. The van der Waals surface area contributed by atoms with Gasteiger partial charge >= 0.3 is 0 Å². The van der Waals surface area contributed by atoms with Crippen LogP contribution in [0.1, 0.15) is 50.0 Å². The molecule has 0 saturated heterocycles. The molecule has 0 spiro atoms. The Kier molecular flexibility index (Phi) is 5.66. The highest BCUT2D eigenvalue weighted by Crippen LogP contribution is 2.29. The van der Waals surface area contributed by atoms with Crippen LogP contribution in [0.2, 0.25) is 0 Å². The second-order valence-corrected chi connectivity index (χ2v) is 7.02. The van der Waals surface area contributed by atoms with E-state index in [4.69, 9.17) is 10.3 Å². The number of hydrogen-bond donors (Lipinski definition) is 2. The minimum absolute atomic E-state index is 0.102. The van der Waals surface area contributed by atoms with Gasteiger partial charge in [-0.3, -0.25) is 4.79 Å². The number of carbonyl (C=O) groups excluding carboxylic acids is 1. The highest BCUT2D eigenvalue weighted by Gasteiger charge is 2.26. The fourth-order valence-corrected chi connectivity index (χ4v) is 3.65. The molecule has 26 heavy (non-hydrogen) atoms. The van der Waals surface area contributed by atoms with Gasteiger partial charge in [0.25, 0.3) is 0 Å². The number of nitrogens with one attached hydrogen (secondary N) is 1. The highest BCUT2D eigenvalue weighted by atomic mass is 19.1. The molecule has 140 valence electrons. The fraction of sp³-hybridized carbons (Fsp3) is 0.526. The first-order valence-corrected chi connectivity index (χ1v) is 9.12. The van der Waals surface area contributed by atoms with Crippen molar-refractivity contribution in [3.63, 3.8) is 0 Å². The number of aromatic nitrogens is 2. The van der Waals surface area contributed by atoms with Crippen molar-refractivity contribution in [1.29, 1.82) is 0 Å². The predicted octanol–water partition coefficient (Wildman–Crippen LogP) is 3.73. The average Bonchev–Trinajstić information content (AvgIpc) is 2.81. The number of hydrogen-bond acceptors (Lipinski definition) is 5. The summed E-state index contributed by atoms with van der Waals surface area (Å²) in [5.74, 6) is -0.357. The number of halogens is 1. The van der Waals surface area contributed by atoms with Crippen molar-refractivity contribution in [3.8, 4) is 11.1 Å². The lowest BCUT2D eigenvalue weighted by molar-refractivity contribution is -0.118. The van der Waals surface area contributed by atoms with Gasteiger partial charge in [0.2, 0.25) is 5.91 Å². The molecule has 3 N–H and O–H groups in total. The maximum atomic E-state index is 14.5. The van der Waals surface area contributed by atoms with E-state index in [0.717, 1.165) is 25.7 Å². The van der Waals surface area contributed by atoms with Crippen LogP contribution in [0.5, 0.6) is 0 Å². The number of nitrogens with two attached hydrogens (primary N) is 1. The van der Waals surface area contributed by atoms with Crippen molar-refractivity contribution >= 4 is 11.7 Å². The van der Waals surface area contributed by atoms with E-state index in [0.29, 0.717) is 22.6 Å². The molecule has 1 fully saturated rings. The van der Waals surface area contributed by atoms with E-state index in [1.165, 1.54) is 25.1 Å². The average molecular weight is 360 g/mol. The standard InChI is InChI=1S/C19H25FN4O2/c1-11-16(12(2)26-24-11)14-9-15(20)18(22-10-14)23-19(25)17(21)13-7-5-3-4-6-8-13/h9-10,13,17H,3-8,21H2,1-2H3,(H,22,23,25)/t17-/m0/s1. The molecule has 1 atom stereocenters. The second-order valence-electron chi connectivity index (χ2n) is 7.02. The van der Waals surface area contributed by atoms with E-state index in [-0.39, 0.29) is 17.6 Å². The van der Waals surface area contributed by atoms with Crippen LogP contribution in [0.4, 0.5) is 10.2 Å². The molecular weight excluding hydrogens is 335 g/mol. The fourth-order valence-electron chi connectivity index (χ4n) is 3.65. The van der Waals surface area contributed by atoms with Crippen LogP contribution in [0.15, 0.2) is 16.8 Å². The maximum absolute atomic E-state index is 14.5. The van der Waals surface area contributed by atoms with Gasteiger partial charge in [-0.15, -0.1) is 0 Å². The van der Waals surface area contributed by atoms with E-state index in [9.17, 15) is 9.18 Å². The van der Waals surface area contributed by atoms with Gasteiger partial charge in [0.15, 0.2) is 11.6 Å². The Hall–Kier alpha value is -2.28. The number of pyridine rings is 1. The van der Waals surface area contributed by atoms with Crippen LogP contribution >= 0.6 is 0 Å². The van der Waals surface area contributed by atoms with Gasteiger partial charge in [-0.2, -0.15) is 0 Å². The van der Waals surface area contributed by atoms with Gasteiger partial charge in [-0.25, -0.2) is 9.37 Å². The molecule has 2 aromatic heterocycles. The first kappa shape index (κ1) is 18.5. The van der Waals surface area contributed by atoms with Crippen molar-refractivity contribution in [3.05, 3.63) is 29.5 Å². The normalized spacial score (nSPS) is 16.9. The monoisotopic (exact) mass is 360 g/mol. The van der Waals surface area contributed by atoms with Crippen LogP contribution in [-0.2, 0) is 4.79 Å². The molecule has 2 aromatic rings. The maximum Gasteiger partial charge on any atom is 0.242 e. The van der Waals surface area contributed by atoms with Gasteiger partial charge in [0.1, 0.15) is 5.76 Å². The van der Waals surface area contributed by atoms with Gasteiger partial charge in [0, 0.05) is 17.3 Å². The summed E-state index contributed by atoms with van der Waals surface area (Å²) in [4.78, 5) is 16.5. The summed E-state index contributed by atoms with van der Waals surface area (Å²) >= 11 is 0. The quantitative estimate of drug-likeness (QED) is 0.810.